The largest absolute Gasteiger partial charge is 0.187 e. The van der Waals surface area contributed by atoms with Gasteiger partial charge in [0.15, 0.2) is 29.1 Å². The maximum atomic E-state index is 6.50. The van der Waals surface area contributed by atoms with Gasteiger partial charge in [-0.25, -0.2) is 0 Å². The van der Waals surface area contributed by atoms with Gasteiger partial charge in [0.05, 0.1) is 0 Å². The predicted octanol–water partition coefficient (Wildman–Crippen LogP) is 7.97. The summed E-state index contributed by atoms with van der Waals surface area (Å²) in [7, 11) is 1.87. The molecule has 1 nitrogen and oxygen atoms in total. The first-order valence-electron chi connectivity index (χ1n) is 9.73. The maximum absolute atomic E-state index is 6.50. The Kier molecular flexibility index (Phi) is 10.3. The van der Waals surface area contributed by atoms with Crippen molar-refractivity contribution >= 4 is 23.6 Å². The van der Waals surface area contributed by atoms with E-state index in [1.54, 1.807) is 0 Å². The van der Waals surface area contributed by atoms with Gasteiger partial charge in [0.1, 0.15) is 7.05 Å². The second-order valence-electron chi connectivity index (χ2n) is 7.37. The van der Waals surface area contributed by atoms with E-state index in [0.29, 0.717) is 0 Å². The van der Waals surface area contributed by atoms with Crippen molar-refractivity contribution in [3.63, 3.8) is 0 Å². The number of quaternary nitrogens is 1. The lowest BCUT2D eigenvalue weighted by Crippen LogP contribution is -2.44. The molecule has 0 aliphatic carbocycles. The summed E-state index contributed by atoms with van der Waals surface area (Å²) in [5.41, 5.74) is 0.957. The predicted molar refractivity (Wildman–Crippen MR) is 108 cm³/mol. The van der Waals surface area contributed by atoms with E-state index in [1.807, 2.05) is 13.1 Å². The summed E-state index contributed by atoms with van der Waals surface area (Å²) < 4.78 is -0.0611. The summed E-state index contributed by atoms with van der Waals surface area (Å²) in [4.78, 5) is 0. The van der Waals surface area contributed by atoms with E-state index < -0.39 is 0 Å². The topological polar surface area (TPSA) is 0 Å². The summed E-state index contributed by atoms with van der Waals surface area (Å²) in [6.45, 7) is 4.45. The maximum Gasteiger partial charge on any atom is 0.187 e. The van der Waals surface area contributed by atoms with Gasteiger partial charge in [-0.15, -0.1) is 3.52 Å². The Morgan fingerprint density at radius 2 is 1.25 bits per heavy atom. The lowest BCUT2D eigenvalue weighted by Gasteiger charge is -2.36. The summed E-state index contributed by atoms with van der Waals surface area (Å²) in [5.74, 6) is 0. The molecule has 3 heteroatoms. The average molecular weight is 373 g/mol. The Morgan fingerprint density at radius 1 is 0.792 bits per heavy atom. The minimum Gasteiger partial charge on any atom is -0.117 e. The zero-order chi connectivity index (χ0) is 17.9. The smallest absolute Gasteiger partial charge is 0.117 e. The molecule has 0 saturated carbocycles. The first-order chi connectivity index (χ1) is 11.4. The minimum atomic E-state index is -0.259. The Labute approximate surface area is 160 Å². The fourth-order valence-corrected chi connectivity index (χ4v) is 3.69. The first-order valence-corrected chi connectivity index (χ1v) is 10.4. The number of halogens is 2. The molecule has 0 heterocycles. The third-order valence-electron chi connectivity index (χ3n) is 5.28. The van der Waals surface area contributed by atoms with E-state index in [2.05, 4.69) is 38.1 Å². The van der Waals surface area contributed by atoms with Crippen LogP contribution in [-0.4, -0.2) is 10.6 Å². The summed E-state index contributed by atoms with van der Waals surface area (Å²) in [6, 6.07) is 10.4. The standard InChI is InChI=1S/C21H36Cl2N/c1-4-5-6-7-8-9-10-11-12-16-19-21(2,24(3,22)23)20-17-14-13-15-18-20/h13-15,17-18H,4-12,16,19H2,1-3H3/q+1. The van der Waals surface area contributed by atoms with Crippen molar-refractivity contribution < 1.29 is 3.52 Å². The van der Waals surface area contributed by atoms with Gasteiger partial charge in [-0.2, -0.15) is 0 Å². The molecule has 0 aliphatic rings. The van der Waals surface area contributed by atoms with Crippen LogP contribution in [0.25, 0.3) is 0 Å². The molecule has 24 heavy (non-hydrogen) atoms. The van der Waals surface area contributed by atoms with Crippen LogP contribution < -0.4 is 0 Å². The molecule has 1 aromatic rings. The van der Waals surface area contributed by atoms with Crippen LogP contribution in [0.2, 0.25) is 0 Å². The zero-order valence-corrected chi connectivity index (χ0v) is 17.4. The molecule has 1 unspecified atom stereocenters. The Hall–Kier alpha value is -0.240. The molecule has 0 N–H and O–H groups in total. The van der Waals surface area contributed by atoms with Crippen LogP contribution in [0.4, 0.5) is 0 Å². The van der Waals surface area contributed by atoms with E-state index in [4.69, 9.17) is 23.6 Å². The molecular weight excluding hydrogens is 337 g/mol. The SMILES string of the molecule is CCCCCCCCCCCCC(C)(c1ccccc1)[N+](C)(Cl)Cl. The summed E-state index contributed by atoms with van der Waals surface area (Å²) in [5, 5.41) is 0. The monoisotopic (exact) mass is 372 g/mol. The van der Waals surface area contributed by atoms with Crippen molar-refractivity contribution in [1.82, 2.24) is 0 Å². The lowest BCUT2D eigenvalue weighted by molar-refractivity contribution is -0.743. The number of nitrogens with zero attached hydrogens (tertiary/aromatic N) is 1. The Bertz CT molecular complexity index is 427. The number of benzene rings is 1. The van der Waals surface area contributed by atoms with E-state index in [-0.39, 0.29) is 9.06 Å². The molecule has 1 aromatic carbocycles. The first kappa shape index (κ1) is 21.8. The highest BCUT2D eigenvalue weighted by Crippen LogP contribution is 2.42. The average Bonchev–Trinajstić information content (AvgIpc) is 2.56. The second-order valence-corrected chi connectivity index (χ2v) is 8.89. The molecule has 0 aromatic heterocycles. The quantitative estimate of drug-likeness (QED) is 0.243. The van der Waals surface area contributed by atoms with Crippen LogP contribution in [0.15, 0.2) is 30.3 Å². The molecule has 0 spiro atoms. The zero-order valence-electron chi connectivity index (χ0n) is 15.9. The van der Waals surface area contributed by atoms with Crippen molar-refractivity contribution in [3.8, 4) is 0 Å². The normalized spacial score (nSPS) is 14.5. The van der Waals surface area contributed by atoms with Gasteiger partial charge in [0.25, 0.3) is 0 Å². The molecule has 1 rings (SSSR count). The molecule has 0 radical (unpaired) electrons. The van der Waals surface area contributed by atoms with Crippen molar-refractivity contribution in [2.45, 2.75) is 90.0 Å². The number of hydrogen-bond acceptors (Lipinski definition) is 0. The van der Waals surface area contributed by atoms with Gasteiger partial charge in [0.2, 0.25) is 0 Å². The lowest BCUT2D eigenvalue weighted by atomic mass is 9.86. The summed E-state index contributed by atoms with van der Waals surface area (Å²) in [6.07, 6.45) is 14.5. The van der Waals surface area contributed by atoms with Gasteiger partial charge >= 0.3 is 0 Å². The molecular formula is C21H36Cl2N+. The van der Waals surface area contributed by atoms with Crippen molar-refractivity contribution in [2.75, 3.05) is 7.05 Å². The van der Waals surface area contributed by atoms with Crippen molar-refractivity contribution in [2.24, 2.45) is 0 Å². The Morgan fingerprint density at radius 3 is 1.71 bits per heavy atom. The van der Waals surface area contributed by atoms with Gasteiger partial charge < -0.3 is 0 Å². The fourth-order valence-electron chi connectivity index (χ4n) is 3.32. The Balaban J connectivity index is 2.30. The highest BCUT2D eigenvalue weighted by molar-refractivity contribution is 6.23. The highest BCUT2D eigenvalue weighted by Gasteiger charge is 2.45. The van der Waals surface area contributed by atoms with Gasteiger partial charge in [-0.05, 0) is 13.3 Å². The van der Waals surface area contributed by atoms with E-state index in [9.17, 15) is 0 Å². The summed E-state index contributed by atoms with van der Waals surface area (Å²) >= 11 is 13.0. The van der Waals surface area contributed by atoms with Crippen molar-refractivity contribution in [3.05, 3.63) is 35.9 Å². The van der Waals surface area contributed by atoms with Crippen molar-refractivity contribution in [1.29, 1.82) is 0 Å². The van der Waals surface area contributed by atoms with Crippen LogP contribution in [0, 0.1) is 0 Å². The van der Waals surface area contributed by atoms with Gasteiger partial charge in [-0.3, -0.25) is 0 Å². The number of unbranched alkanes of at least 4 members (excludes halogenated alkanes) is 9. The van der Waals surface area contributed by atoms with E-state index in [0.717, 1.165) is 6.42 Å². The van der Waals surface area contributed by atoms with Gasteiger partial charge in [0, 0.05) is 12.0 Å². The fraction of sp³-hybridized carbons (Fsp3) is 0.714. The van der Waals surface area contributed by atoms with Crippen LogP contribution in [0.3, 0.4) is 0 Å². The minimum absolute atomic E-state index is 0.0611. The molecule has 0 bridgehead atoms. The van der Waals surface area contributed by atoms with E-state index in [1.165, 1.54) is 69.8 Å². The van der Waals surface area contributed by atoms with Crippen LogP contribution >= 0.6 is 23.6 Å². The molecule has 1 atom stereocenters. The van der Waals surface area contributed by atoms with Crippen LogP contribution in [-0.2, 0) is 5.54 Å². The van der Waals surface area contributed by atoms with Crippen LogP contribution in [0.1, 0.15) is 90.0 Å². The number of hydrogen-bond donors (Lipinski definition) is 0. The van der Waals surface area contributed by atoms with Gasteiger partial charge in [-0.1, -0.05) is 95.0 Å². The molecule has 0 saturated heterocycles. The highest BCUT2D eigenvalue weighted by atomic mass is 35.5. The molecule has 138 valence electrons. The third-order valence-corrected chi connectivity index (χ3v) is 6.03. The molecule has 0 amide bonds. The molecule has 0 aliphatic heterocycles. The molecule has 0 fully saturated rings. The third kappa shape index (κ3) is 7.33. The van der Waals surface area contributed by atoms with E-state index >= 15 is 0 Å². The number of rotatable bonds is 13. The second kappa shape index (κ2) is 11.4. The van der Waals surface area contributed by atoms with Crippen LogP contribution in [0.5, 0.6) is 0 Å².